The van der Waals surface area contributed by atoms with E-state index in [1.165, 1.54) is 4.90 Å². The maximum atomic E-state index is 12.5. The van der Waals surface area contributed by atoms with Gasteiger partial charge in [0.1, 0.15) is 11.4 Å². The average molecular weight is 331 g/mol. The van der Waals surface area contributed by atoms with Gasteiger partial charge in [-0.3, -0.25) is 9.69 Å². The summed E-state index contributed by atoms with van der Waals surface area (Å²) in [4.78, 5) is 13.9. The highest BCUT2D eigenvalue weighted by molar-refractivity contribution is 7.80. The van der Waals surface area contributed by atoms with Crippen molar-refractivity contribution in [3.8, 4) is 5.75 Å². The monoisotopic (exact) mass is 330 g/mol. The molecule has 0 radical (unpaired) electrons. The number of rotatable bonds is 2. The molecule has 0 aromatic heterocycles. The molecule has 2 N–H and O–H groups in total. The summed E-state index contributed by atoms with van der Waals surface area (Å²) in [6, 6.07) is 13.5. The topological polar surface area (TPSA) is 52.6 Å². The number of phenolic OH excluding ortho intramolecular Hbond substituents is 1. The Morgan fingerprint density at radius 3 is 2.59 bits per heavy atom. The fraction of sp³-hybridized carbons (Fsp3) is 0. The zero-order valence-electron chi connectivity index (χ0n) is 11.3. The molecule has 0 aliphatic carbocycles. The third kappa shape index (κ3) is 2.81. The van der Waals surface area contributed by atoms with Gasteiger partial charge in [-0.2, -0.15) is 0 Å². The first-order valence-electron chi connectivity index (χ1n) is 6.46. The van der Waals surface area contributed by atoms with E-state index < -0.39 is 0 Å². The number of halogens is 1. The molecule has 1 fully saturated rings. The molecule has 0 atom stereocenters. The smallest absolute Gasteiger partial charge is 0.281 e. The summed E-state index contributed by atoms with van der Waals surface area (Å²) in [5, 5.41) is 13.0. The van der Waals surface area contributed by atoms with Crippen molar-refractivity contribution in [2.75, 3.05) is 4.90 Å². The Bertz CT molecular complexity index is 787. The predicted molar refractivity (Wildman–Crippen MR) is 90.8 cm³/mol. The van der Waals surface area contributed by atoms with Crippen LogP contribution >= 0.6 is 23.8 Å². The standard InChI is InChI=1S/C16H11ClN2O2S/c17-11-2-1-3-12(9-11)19-15(21)14(18-16(19)22)8-10-4-6-13(20)7-5-10/h1-9,20H,(H,18,22)/b14-8-. The molecule has 1 saturated heterocycles. The van der Waals surface area contributed by atoms with Gasteiger partial charge in [0.05, 0.1) is 5.69 Å². The molecule has 1 aliphatic rings. The number of benzene rings is 2. The van der Waals surface area contributed by atoms with Gasteiger partial charge in [0.25, 0.3) is 5.91 Å². The quantitative estimate of drug-likeness (QED) is 0.655. The Kier molecular flexibility index (Phi) is 3.83. The first-order chi connectivity index (χ1) is 10.5. The number of nitrogens with zero attached hydrogens (tertiary/aromatic N) is 1. The third-order valence-corrected chi connectivity index (χ3v) is 3.67. The van der Waals surface area contributed by atoms with Crippen LogP contribution in [0.1, 0.15) is 5.56 Å². The van der Waals surface area contributed by atoms with Crippen molar-refractivity contribution in [2.24, 2.45) is 0 Å². The van der Waals surface area contributed by atoms with Crippen LogP contribution in [0.15, 0.2) is 54.2 Å². The van der Waals surface area contributed by atoms with E-state index in [1.54, 1.807) is 54.6 Å². The van der Waals surface area contributed by atoms with E-state index in [1.807, 2.05) is 0 Å². The van der Waals surface area contributed by atoms with Gasteiger partial charge in [-0.25, -0.2) is 0 Å². The van der Waals surface area contributed by atoms with E-state index in [-0.39, 0.29) is 11.7 Å². The molecular formula is C16H11ClN2O2S. The number of hydrogen-bond donors (Lipinski definition) is 2. The average Bonchev–Trinajstić information content (AvgIpc) is 2.76. The molecule has 22 heavy (non-hydrogen) atoms. The van der Waals surface area contributed by atoms with E-state index in [0.717, 1.165) is 5.56 Å². The van der Waals surface area contributed by atoms with E-state index >= 15 is 0 Å². The Hall–Kier alpha value is -2.37. The lowest BCUT2D eigenvalue weighted by Crippen LogP contribution is -2.30. The summed E-state index contributed by atoms with van der Waals surface area (Å²) in [6.45, 7) is 0. The number of hydrogen-bond acceptors (Lipinski definition) is 3. The molecule has 2 aromatic carbocycles. The Balaban J connectivity index is 1.93. The van der Waals surface area contributed by atoms with Gasteiger partial charge in [0.15, 0.2) is 5.11 Å². The van der Waals surface area contributed by atoms with Crippen LogP contribution in [-0.4, -0.2) is 16.1 Å². The molecule has 0 unspecified atom stereocenters. The lowest BCUT2D eigenvalue weighted by Gasteiger charge is -2.13. The molecule has 1 aliphatic heterocycles. The summed E-state index contributed by atoms with van der Waals surface area (Å²) in [5.74, 6) is -0.0794. The van der Waals surface area contributed by atoms with Crippen LogP contribution in [0.3, 0.4) is 0 Å². The van der Waals surface area contributed by atoms with Crippen molar-refractivity contribution < 1.29 is 9.90 Å². The number of carbonyl (C=O) groups excluding carboxylic acids is 1. The van der Waals surface area contributed by atoms with Crippen LogP contribution in [0.4, 0.5) is 5.69 Å². The van der Waals surface area contributed by atoms with Crippen molar-refractivity contribution in [3.63, 3.8) is 0 Å². The number of amides is 1. The van der Waals surface area contributed by atoms with Crippen LogP contribution in [0.5, 0.6) is 5.75 Å². The Labute approximate surface area is 137 Å². The van der Waals surface area contributed by atoms with Crippen molar-refractivity contribution in [3.05, 3.63) is 64.8 Å². The van der Waals surface area contributed by atoms with E-state index in [0.29, 0.717) is 21.5 Å². The fourth-order valence-corrected chi connectivity index (χ4v) is 2.60. The summed E-state index contributed by atoms with van der Waals surface area (Å²) in [5.41, 5.74) is 1.77. The number of aromatic hydroxyl groups is 1. The number of thiocarbonyl (C=S) groups is 1. The van der Waals surface area contributed by atoms with Gasteiger partial charge in [0, 0.05) is 5.02 Å². The maximum Gasteiger partial charge on any atom is 0.281 e. The first-order valence-corrected chi connectivity index (χ1v) is 7.25. The minimum Gasteiger partial charge on any atom is -0.508 e. The van der Waals surface area contributed by atoms with Gasteiger partial charge < -0.3 is 10.4 Å². The highest BCUT2D eigenvalue weighted by Gasteiger charge is 2.31. The summed E-state index contributed by atoms with van der Waals surface area (Å²) < 4.78 is 0. The van der Waals surface area contributed by atoms with Crippen molar-refractivity contribution in [1.82, 2.24) is 5.32 Å². The molecule has 2 aromatic rings. The zero-order chi connectivity index (χ0) is 15.7. The van der Waals surface area contributed by atoms with Crippen molar-refractivity contribution in [2.45, 2.75) is 0 Å². The lowest BCUT2D eigenvalue weighted by atomic mass is 10.2. The predicted octanol–water partition coefficient (Wildman–Crippen LogP) is 3.31. The molecular weight excluding hydrogens is 320 g/mol. The van der Waals surface area contributed by atoms with E-state index in [9.17, 15) is 9.90 Å². The normalized spacial score (nSPS) is 16.2. The van der Waals surface area contributed by atoms with Crippen LogP contribution < -0.4 is 10.2 Å². The molecule has 3 rings (SSSR count). The maximum absolute atomic E-state index is 12.5. The van der Waals surface area contributed by atoms with Crippen molar-refractivity contribution >= 4 is 46.6 Å². The second kappa shape index (κ2) is 5.79. The summed E-state index contributed by atoms with van der Waals surface area (Å²) in [7, 11) is 0. The third-order valence-electron chi connectivity index (χ3n) is 3.15. The van der Waals surface area contributed by atoms with Gasteiger partial charge in [-0.05, 0) is 54.2 Å². The molecule has 0 saturated carbocycles. The zero-order valence-corrected chi connectivity index (χ0v) is 12.9. The number of carbonyl (C=O) groups is 1. The van der Waals surface area contributed by atoms with Crippen molar-refractivity contribution in [1.29, 1.82) is 0 Å². The molecule has 110 valence electrons. The minimum atomic E-state index is -0.250. The van der Waals surface area contributed by atoms with Gasteiger partial charge >= 0.3 is 0 Å². The molecule has 1 heterocycles. The first kappa shape index (κ1) is 14.6. The van der Waals surface area contributed by atoms with Crippen LogP contribution in [0.2, 0.25) is 5.02 Å². The molecule has 1 amide bonds. The highest BCUT2D eigenvalue weighted by Crippen LogP contribution is 2.25. The molecule has 0 spiro atoms. The molecule has 0 bridgehead atoms. The van der Waals surface area contributed by atoms with Gasteiger partial charge in [-0.15, -0.1) is 0 Å². The number of nitrogens with one attached hydrogen (secondary N) is 1. The molecule has 4 nitrogen and oxygen atoms in total. The Morgan fingerprint density at radius 2 is 1.91 bits per heavy atom. The second-order valence-corrected chi connectivity index (χ2v) is 5.52. The lowest BCUT2D eigenvalue weighted by molar-refractivity contribution is -0.113. The number of phenols is 1. The minimum absolute atomic E-state index is 0.170. The van der Waals surface area contributed by atoms with Gasteiger partial charge in [-0.1, -0.05) is 29.8 Å². The Morgan fingerprint density at radius 1 is 1.18 bits per heavy atom. The fourth-order valence-electron chi connectivity index (χ4n) is 2.12. The largest absolute Gasteiger partial charge is 0.508 e. The summed E-state index contributed by atoms with van der Waals surface area (Å²) in [6.07, 6.45) is 1.68. The second-order valence-electron chi connectivity index (χ2n) is 4.70. The number of anilines is 1. The van der Waals surface area contributed by atoms with E-state index in [4.69, 9.17) is 23.8 Å². The van der Waals surface area contributed by atoms with Crippen LogP contribution in [0.25, 0.3) is 6.08 Å². The molecule has 6 heteroatoms. The summed E-state index contributed by atoms with van der Waals surface area (Å²) >= 11 is 11.2. The van der Waals surface area contributed by atoms with Gasteiger partial charge in [0.2, 0.25) is 0 Å². The van der Waals surface area contributed by atoms with Crippen LogP contribution in [0, 0.1) is 0 Å². The van der Waals surface area contributed by atoms with Crippen LogP contribution in [-0.2, 0) is 4.79 Å². The SMILES string of the molecule is O=C1/C(=C/c2ccc(O)cc2)NC(=S)N1c1cccc(Cl)c1. The van der Waals surface area contributed by atoms with E-state index in [2.05, 4.69) is 5.32 Å². The highest BCUT2D eigenvalue weighted by atomic mass is 35.5.